The molecule has 0 saturated heterocycles. The predicted octanol–water partition coefficient (Wildman–Crippen LogP) is 14.4. The van der Waals surface area contributed by atoms with Gasteiger partial charge in [-0.2, -0.15) is 5.26 Å². The van der Waals surface area contributed by atoms with Crippen molar-refractivity contribution in [1.82, 2.24) is 14.1 Å². The normalized spacial score (nSPS) is 11.9. The molecule has 0 bridgehead atoms. The van der Waals surface area contributed by atoms with Crippen LogP contribution in [0.3, 0.4) is 0 Å². The van der Waals surface area contributed by atoms with Gasteiger partial charge in [-0.3, -0.25) is 4.98 Å². The van der Waals surface area contributed by atoms with Crippen LogP contribution >= 0.6 is 0 Å². The molecule has 0 saturated carbocycles. The van der Waals surface area contributed by atoms with Crippen LogP contribution in [0.2, 0.25) is 0 Å². The van der Waals surface area contributed by atoms with Gasteiger partial charge in [0.2, 0.25) is 0 Å². The highest BCUT2D eigenvalue weighted by atomic mass is 15.0. The number of benzene rings is 5. The Morgan fingerprint density at radius 3 is 0.845 bits per heavy atom. The molecule has 5 aromatic carbocycles. The number of hydrogen-bond acceptors (Lipinski definition) is 2. The van der Waals surface area contributed by atoms with E-state index in [1.54, 1.807) is 0 Å². The Morgan fingerprint density at radius 2 is 0.586 bits per heavy atom. The number of hydrogen-bond donors (Lipinski definition) is 0. The SMILES string of the molecule is Cc1cc(-c2cc(-n3c4c(C)c(C)c(C)c(C)c4c4c(C)c(C)c(C)c(C)c43)c(C#N)c(-n3c4c(C)c(C)c(C)c(C)c4c4c(C)c(C)c(C)c(C)c43)c2)cc(C)n1. The maximum Gasteiger partial charge on any atom is 0.104 e. The lowest BCUT2D eigenvalue weighted by atomic mass is 9.90. The summed E-state index contributed by atoms with van der Waals surface area (Å²) < 4.78 is 4.96. The summed E-state index contributed by atoms with van der Waals surface area (Å²) in [5.74, 6) is 0. The number of nitrogens with zero attached hydrogens (tertiary/aromatic N) is 4. The van der Waals surface area contributed by atoms with Crippen molar-refractivity contribution in [2.24, 2.45) is 0 Å². The maximum absolute atomic E-state index is 11.8. The molecule has 3 aromatic heterocycles. The van der Waals surface area contributed by atoms with Crippen molar-refractivity contribution in [1.29, 1.82) is 5.26 Å². The van der Waals surface area contributed by atoms with Crippen molar-refractivity contribution >= 4 is 43.6 Å². The van der Waals surface area contributed by atoms with Gasteiger partial charge < -0.3 is 9.13 Å². The van der Waals surface area contributed by atoms with Gasteiger partial charge in [-0.15, -0.1) is 0 Å². The molecule has 8 rings (SSSR count). The zero-order chi connectivity index (χ0) is 42.3. The average Bonchev–Trinajstić information content (AvgIpc) is 3.74. The molecule has 0 spiro atoms. The lowest BCUT2D eigenvalue weighted by Crippen LogP contribution is -2.09. The van der Waals surface area contributed by atoms with Gasteiger partial charge in [0.25, 0.3) is 0 Å². The third-order valence-electron chi connectivity index (χ3n) is 15.1. The van der Waals surface area contributed by atoms with Crippen molar-refractivity contribution in [2.75, 3.05) is 0 Å². The van der Waals surface area contributed by atoms with Crippen molar-refractivity contribution in [3.63, 3.8) is 0 Å². The molecule has 8 aromatic rings. The van der Waals surface area contributed by atoms with Crippen LogP contribution in [0, 0.1) is 136 Å². The Hall–Kier alpha value is -5.66. The van der Waals surface area contributed by atoms with E-state index in [1.165, 1.54) is 133 Å². The Kier molecular flexibility index (Phi) is 8.91. The molecule has 0 radical (unpaired) electrons. The summed E-state index contributed by atoms with van der Waals surface area (Å²) in [7, 11) is 0. The van der Waals surface area contributed by atoms with Gasteiger partial charge in [0.05, 0.1) is 33.4 Å². The molecule has 58 heavy (non-hydrogen) atoms. The van der Waals surface area contributed by atoms with Crippen molar-refractivity contribution in [2.45, 2.75) is 125 Å². The Morgan fingerprint density at radius 1 is 0.345 bits per heavy atom. The van der Waals surface area contributed by atoms with Crippen molar-refractivity contribution in [3.05, 3.63) is 130 Å². The van der Waals surface area contributed by atoms with Crippen LogP contribution in [-0.2, 0) is 0 Å². The Bertz CT molecular complexity index is 2880. The maximum atomic E-state index is 11.8. The van der Waals surface area contributed by atoms with E-state index in [4.69, 9.17) is 4.98 Å². The fourth-order valence-electron chi connectivity index (χ4n) is 10.5. The molecular formula is C54H58N4. The molecule has 0 unspecified atom stereocenters. The lowest BCUT2D eigenvalue weighted by Gasteiger charge is -2.22. The van der Waals surface area contributed by atoms with E-state index < -0.39 is 0 Å². The number of fused-ring (bicyclic) bond motifs is 6. The van der Waals surface area contributed by atoms with E-state index in [-0.39, 0.29) is 0 Å². The van der Waals surface area contributed by atoms with Gasteiger partial charge >= 0.3 is 0 Å². The molecular weight excluding hydrogens is 705 g/mol. The van der Waals surface area contributed by atoms with E-state index in [0.29, 0.717) is 5.56 Å². The largest absolute Gasteiger partial charge is 0.307 e. The van der Waals surface area contributed by atoms with Gasteiger partial charge in [-0.1, -0.05) is 0 Å². The molecule has 0 fully saturated rings. The minimum absolute atomic E-state index is 0.667. The zero-order valence-electron chi connectivity index (χ0n) is 38.1. The number of aromatic nitrogens is 3. The summed E-state index contributed by atoms with van der Waals surface area (Å²) >= 11 is 0. The van der Waals surface area contributed by atoms with E-state index >= 15 is 0 Å². The topological polar surface area (TPSA) is 46.5 Å². The second-order valence-corrected chi connectivity index (χ2v) is 17.7. The standard InChI is InChI=1S/C54H58N4/c1-24-19-42(20-25(2)56-24)43-21-45(57-51-38(15)30(7)26(3)34(11)47(51)48-35(12)27(4)31(8)39(16)52(48)57)44(23-55)46(22-43)58-53-40(17)32(9)28(5)36(13)49(53)50-37(14)29(6)33(10)41(18)54(50)58/h19-22H,1-18H3. The highest BCUT2D eigenvalue weighted by Gasteiger charge is 2.30. The van der Waals surface area contributed by atoms with Crippen LogP contribution in [0.4, 0.5) is 0 Å². The van der Waals surface area contributed by atoms with Gasteiger partial charge in [-0.25, -0.2) is 0 Å². The van der Waals surface area contributed by atoms with Gasteiger partial charge in [-0.05, 0) is 249 Å². The number of aryl methyl sites for hydroxylation is 10. The predicted molar refractivity (Wildman–Crippen MR) is 248 cm³/mol. The lowest BCUT2D eigenvalue weighted by molar-refractivity contribution is 1.08. The summed E-state index contributed by atoms with van der Waals surface area (Å²) in [6.07, 6.45) is 0. The van der Waals surface area contributed by atoms with Crippen molar-refractivity contribution in [3.8, 4) is 28.6 Å². The molecule has 0 atom stereocenters. The average molecular weight is 763 g/mol. The van der Waals surface area contributed by atoms with Crippen LogP contribution in [0.15, 0.2) is 24.3 Å². The molecule has 4 heteroatoms. The van der Waals surface area contributed by atoms with Crippen LogP contribution in [0.1, 0.15) is 106 Å². The zero-order valence-corrected chi connectivity index (χ0v) is 38.1. The van der Waals surface area contributed by atoms with Gasteiger partial charge in [0.1, 0.15) is 11.6 Å². The molecule has 0 aliphatic heterocycles. The second kappa shape index (κ2) is 13.2. The van der Waals surface area contributed by atoms with E-state index in [2.05, 4.69) is 164 Å². The number of nitriles is 1. The molecule has 294 valence electrons. The quantitative estimate of drug-likeness (QED) is 0.180. The number of rotatable bonds is 3. The summed E-state index contributed by atoms with van der Waals surface area (Å²) in [6.45, 7) is 40.5. The van der Waals surface area contributed by atoms with Gasteiger partial charge in [0.15, 0.2) is 0 Å². The number of pyridine rings is 1. The molecule has 3 heterocycles. The first-order valence-electron chi connectivity index (χ1n) is 20.8. The monoisotopic (exact) mass is 762 g/mol. The first kappa shape index (κ1) is 39.2. The summed E-state index contributed by atoms with van der Waals surface area (Å²) in [6, 6.07) is 11.9. The highest BCUT2D eigenvalue weighted by molar-refractivity contribution is 6.17. The first-order valence-corrected chi connectivity index (χ1v) is 20.8. The van der Waals surface area contributed by atoms with E-state index in [0.717, 1.165) is 33.9 Å². The highest BCUT2D eigenvalue weighted by Crippen LogP contribution is 2.48. The third kappa shape index (κ3) is 5.01. The van der Waals surface area contributed by atoms with Crippen LogP contribution in [0.5, 0.6) is 0 Å². The third-order valence-corrected chi connectivity index (χ3v) is 15.1. The van der Waals surface area contributed by atoms with E-state index in [9.17, 15) is 5.26 Å². The minimum Gasteiger partial charge on any atom is -0.307 e. The molecule has 0 N–H and O–H groups in total. The van der Waals surface area contributed by atoms with E-state index in [1.807, 2.05) is 0 Å². The fourth-order valence-corrected chi connectivity index (χ4v) is 10.5. The summed E-state index contributed by atoms with van der Waals surface area (Å²) in [4.78, 5) is 4.80. The second-order valence-electron chi connectivity index (χ2n) is 17.7. The van der Waals surface area contributed by atoms with Crippen molar-refractivity contribution < 1.29 is 0 Å². The molecule has 4 nitrogen and oxygen atoms in total. The summed E-state index contributed by atoms with van der Waals surface area (Å²) in [5.41, 5.74) is 32.1. The Labute approximate surface area is 345 Å². The smallest absolute Gasteiger partial charge is 0.104 e. The minimum atomic E-state index is 0.667. The molecule has 0 amide bonds. The fraction of sp³-hybridized carbons (Fsp3) is 0.333. The summed E-state index contributed by atoms with van der Waals surface area (Å²) in [5, 5.41) is 17.0. The first-order chi connectivity index (χ1) is 27.3. The van der Waals surface area contributed by atoms with Crippen LogP contribution in [0.25, 0.3) is 66.1 Å². The van der Waals surface area contributed by atoms with Crippen LogP contribution in [-0.4, -0.2) is 14.1 Å². The van der Waals surface area contributed by atoms with Gasteiger partial charge in [0, 0.05) is 32.9 Å². The Balaban J connectivity index is 1.73. The van der Waals surface area contributed by atoms with Crippen LogP contribution < -0.4 is 0 Å². The molecule has 0 aliphatic carbocycles. The molecule has 0 aliphatic rings.